The van der Waals surface area contributed by atoms with Crippen LogP contribution in [0.25, 0.3) is 5.65 Å². The molecule has 2 N–H and O–H groups in total. The van der Waals surface area contributed by atoms with Gasteiger partial charge in [0.2, 0.25) is 0 Å². The van der Waals surface area contributed by atoms with E-state index < -0.39 is 18.7 Å². The standard InChI is InChI=1S/C11H10F3N3O2/c12-11(13,14)6-19-5-7-1-2-9-16-3-8(10(15)18)17(9)4-7/h1-4H,5-6H2,(H2,15,18). The molecule has 0 fully saturated rings. The first kappa shape index (κ1) is 13.3. The van der Waals surface area contributed by atoms with Crippen LogP contribution in [0, 0.1) is 0 Å². The van der Waals surface area contributed by atoms with Crippen molar-refractivity contribution >= 4 is 11.6 Å². The van der Waals surface area contributed by atoms with Gasteiger partial charge in [-0.05, 0) is 11.6 Å². The first-order valence-corrected chi connectivity index (χ1v) is 5.27. The maximum absolute atomic E-state index is 11.9. The van der Waals surface area contributed by atoms with Crippen LogP contribution in [-0.4, -0.2) is 28.1 Å². The van der Waals surface area contributed by atoms with Gasteiger partial charge in [-0.15, -0.1) is 0 Å². The highest BCUT2D eigenvalue weighted by Gasteiger charge is 2.27. The highest BCUT2D eigenvalue weighted by molar-refractivity contribution is 5.91. The molecule has 0 aromatic carbocycles. The van der Waals surface area contributed by atoms with Crippen molar-refractivity contribution in [2.45, 2.75) is 12.8 Å². The van der Waals surface area contributed by atoms with E-state index in [9.17, 15) is 18.0 Å². The number of carbonyl (C=O) groups excluding carboxylic acids is 1. The highest BCUT2D eigenvalue weighted by atomic mass is 19.4. The Labute approximate surface area is 105 Å². The molecular formula is C11H10F3N3O2. The van der Waals surface area contributed by atoms with Gasteiger partial charge in [0.15, 0.2) is 0 Å². The largest absolute Gasteiger partial charge is 0.411 e. The van der Waals surface area contributed by atoms with Gasteiger partial charge in [0, 0.05) is 6.20 Å². The highest BCUT2D eigenvalue weighted by Crippen LogP contribution is 2.16. The molecule has 19 heavy (non-hydrogen) atoms. The molecule has 0 spiro atoms. The summed E-state index contributed by atoms with van der Waals surface area (Å²) < 4.78 is 41.7. The van der Waals surface area contributed by atoms with E-state index in [1.165, 1.54) is 16.8 Å². The van der Waals surface area contributed by atoms with Crippen molar-refractivity contribution in [3.05, 3.63) is 35.8 Å². The van der Waals surface area contributed by atoms with Crippen LogP contribution in [0.3, 0.4) is 0 Å². The number of ether oxygens (including phenoxy) is 1. The molecule has 0 bridgehead atoms. The molecule has 0 saturated carbocycles. The third-order valence-corrected chi connectivity index (χ3v) is 2.35. The van der Waals surface area contributed by atoms with Crippen molar-refractivity contribution in [1.82, 2.24) is 9.38 Å². The van der Waals surface area contributed by atoms with Crippen LogP contribution >= 0.6 is 0 Å². The first-order chi connectivity index (χ1) is 8.87. The second kappa shape index (κ2) is 4.88. The predicted molar refractivity (Wildman–Crippen MR) is 59.4 cm³/mol. The third-order valence-electron chi connectivity index (χ3n) is 2.35. The second-order valence-electron chi connectivity index (χ2n) is 3.88. The number of nitrogens with zero attached hydrogens (tertiary/aromatic N) is 2. The van der Waals surface area contributed by atoms with Crippen LogP contribution in [0.4, 0.5) is 13.2 Å². The summed E-state index contributed by atoms with van der Waals surface area (Å²) >= 11 is 0. The van der Waals surface area contributed by atoms with Crippen LogP contribution in [0.1, 0.15) is 16.1 Å². The zero-order chi connectivity index (χ0) is 14.0. The van der Waals surface area contributed by atoms with Crippen LogP contribution in [-0.2, 0) is 11.3 Å². The van der Waals surface area contributed by atoms with Gasteiger partial charge in [0.05, 0.1) is 12.8 Å². The number of nitrogens with two attached hydrogens (primary N) is 1. The molecule has 2 aromatic rings. The molecule has 1 amide bonds. The number of hydrogen-bond donors (Lipinski definition) is 1. The topological polar surface area (TPSA) is 69.6 Å². The summed E-state index contributed by atoms with van der Waals surface area (Å²) in [7, 11) is 0. The lowest BCUT2D eigenvalue weighted by molar-refractivity contribution is -0.176. The van der Waals surface area contributed by atoms with Crippen molar-refractivity contribution in [2.24, 2.45) is 5.73 Å². The Hall–Kier alpha value is -2.09. The fourth-order valence-electron chi connectivity index (χ4n) is 1.58. The number of aromatic nitrogens is 2. The van der Waals surface area contributed by atoms with Gasteiger partial charge < -0.3 is 10.5 Å². The van der Waals surface area contributed by atoms with E-state index in [1.54, 1.807) is 12.1 Å². The van der Waals surface area contributed by atoms with Crippen molar-refractivity contribution in [3.63, 3.8) is 0 Å². The minimum atomic E-state index is -4.36. The van der Waals surface area contributed by atoms with Gasteiger partial charge >= 0.3 is 6.18 Å². The molecule has 2 heterocycles. The quantitative estimate of drug-likeness (QED) is 0.918. The first-order valence-electron chi connectivity index (χ1n) is 5.27. The lowest BCUT2D eigenvalue weighted by Gasteiger charge is -2.08. The summed E-state index contributed by atoms with van der Waals surface area (Å²) in [5, 5.41) is 0. The molecular weight excluding hydrogens is 263 g/mol. The van der Waals surface area contributed by atoms with Crippen molar-refractivity contribution in [2.75, 3.05) is 6.61 Å². The maximum atomic E-state index is 11.9. The van der Waals surface area contributed by atoms with Crippen LogP contribution in [0.5, 0.6) is 0 Å². The van der Waals surface area contributed by atoms with Crippen LogP contribution in [0.15, 0.2) is 24.5 Å². The number of hydrogen-bond acceptors (Lipinski definition) is 3. The summed E-state index contributed by atoms with van der Waals surface area (Å²) in [5.74, 6) is -0.666. The average molecular weight is 273 g/mol. The number of imidazole rings is 1. The number of alkyl halides is 3. The minimum Gasteiger partial charge on any atom is -0.367 e. The van der Waals surface area contributed by atoms with Gasteiger partial charge in [0.1, 0.15) is 17.9 Å². The number of pyridine rings is 1. The SMILES string of the molecule is NC(=O)c1cnc2ccc(COCC(F)(F)F)cn12. The Morgan fingerprint density at radius 1 is 1.42 bits per heavy atom. The van der Waals surface area contributed by atoms with E-state index in [-0.39, 0.29) is 12.3 Å². The van der Waals surface area contributed by atoms with Gasteiger partial charge in [-0.3, -0.25) is 9.20 Å². The number of carbonyl (C=O) groups is 1. The zero-order valence-corrected chi connectivity index (χ0v) is 9.65. The molecule has 0 aliphatic heterocycles. The Kier molecular flexibility index (Phi) is 3.43. The van der Waals surface area contributed by atoms with Crippen LogP contribution in [0.2, 0.25) is 0 Å². The Morgan fingerprint density at radius 3 is 2.79 bits per heavy atom. The molecule has 8 heteroatoms. The fraction of sp³-hybridized carbons (Fsp3) is 0.273. The van der Waals surface area contributed by atoms with Gasteiger partial charge in [0.25, 0.3) is 5.91 Å². The Morgan fingerprint density at radius 2 is 2.16 bits per heavy atom. The molecule has 2 aromatic heterocycles. The predicted octanol–water partition coefficient (Wildman–Crippen LogP) is 1.51. The molecule has 0 aliphatic carbocycles. The van der Waals surface area contributed by atoms with Gasteiger partial charge in [-0.1, -0.05) is 6.07 Å². The van der Waals surface area contributed by atoms with Crippen molar-refractivity contribution in [3.8, 4) is 0 Å². The van der Waals surface area contributed by atoms with Gasteiger partial charge in [-0.25, -0.2) is 4.98 Å². The normalized spacial score (nSPS) is 11.9. The Balaban J connectivity index is 2.16. The van der Waals surface area contributed by atoms with E-state index in [4.69, 9.17) is 5.73 Å². The van der Waals surface area contributed by atoms with E-state index >= 15 is 0 Å². The summed E-state index contributed by atoms with van der Waals surface area (Å²) in [6.07, 6.45) is -1.59. The van der Waals surface area contributed by atoms with E-state index in [2.05, 4.69) is 9.72 Å². The number of amides is 1. The Bertz CT molecular complexity index is 607. The van der Waals surface area contributed by atoms with E-state index in [1.807, 2.05) is 0 Å². The lowest BCUT2D eigenvalue weighted by Crippen LogP contribution is -2.17. The number of rotatable bonds is 4. The number of primary amides is 1. The summed E-state index contributed by atoms with van der Waals surface area (Å²) in [4.78, 5) is 15.1. The molecule has 2 rings (SSSR count). The third kappa shape index (κ3) is 3.22. The molecule has 0 unspecified atom stereocenters. The number of fused-ring (bicyclic) bond motifs is 1. The maximum Gasteiger partial charge on any atom is 0.411 e. The van der Waals surface area contributed by atoms with Gasteiger partial charge in [-0.2, -0.15) is 13.2 Å². The fourth-order valence-corrected chi connectivity index (χ4v) is 1.58. The molecule has 0 aliphatic rings. The molecule has 0 atom stereocenters. The number of halogens is 3. The van der Waals surface area contributed by atoms with E-state index in [0.717, 1.165) is 0 Å². The zero-order valence-electron chi connectivity index (χ0n) is 9.65. The summed E-state index contributed by atoms with van der Waals surface area (Å²) in [5.41, 5.74) is 6.28. The molecule has 5 nitrogen and oxygen atoms in total. The van der Waals surface area contributed by atoms with Crippen molar-refractivity contribution in [1.29, 1.82) is 0 Å². The summed E-state index contributed by atoms with van der Waals surface area (Å²) in [6.45, 7) is -1.54. The smallest absolute Gasteiger partial charge is 0.367 e. The van der Waals surface area contributed by atoms with Crippen LogP contribution < -0.4 is 5.73 Å². The summed E-state index contributed by atoms with van der Waals surface area (Å²) in [6, 6.07) is 3.14. The average Bonchev–Trinajstić information content (AvgIpc) is 2.70. The minimum absolute atomic E-state index is 0.160. The lowest BCUT2D eigenvalue weighted by atomic mass is 10.3. The molecule has 0 saturated heterocycles. The molecule has 0 radical (unpaired) electrons. The second-order valence-corrected chi connectivity index (χ2v) is 3.88. The molecule has 102 valence electrons. The monoisotopic (exact) mass is 273 g/mol. The van der Waals surface area contributed by atoms with Crippen molar-refractivity contribution < 1.29 is 22.7 Å². The van der Waals surface area contributed by atoms with E-state index in [0.29, 0.717) is 11.2 Å².